The summed E-state index contributed by atoms with van der Waals surface area (Å²) in [6, 6.07) is 10.6. The SMILES string of the molecule is CN=C(NCCC(=O)Nc1ccc(C)cn1)NCC1(c2ccccc2F)CC1.I. The Hall–Kier alpha value is -2.23. The third-order valence-electron chi connectivity index (χ3n) is 4.94. The number of nitrogens with one attached hydrogen (secondary N) is 3. The number of anilines is 1. The summed E-state index contributed by atoms with van der Waals surface area (Å²) in [6.45, 7) is 2.98. The molecule has 1 saturated carbocycles. The summed E-state index contributed by atoms with van der Waals surface area (Å²) in [6.07, 6.45) is 3.89. The molecule has 3 rings (SSSR count). The average molecular weight is 511 g/mol. The molecule has 0 spiro atoms. The van der Waals surface area contributed by atoms with Crippen LogP contribution in [0.5, 0.6) is 0 Å². The van der Waals surface area contributed by atoms with Crippen LogP contribution in [0, 0.1) is 12.7 Å². The standard InChI is InChI=1S/C21H26FN5O.HI/c1-15-7-8-18(25-13-15)27-19(28)9-12-24-20(23-2)26-14-21(10-11-21)16-5-3-4-6-17(16)22;/h3-8,13H,9-12,14H2,1-2H3,(H2,23,24,26)(H,25,27,28);1H. The van der Waals surface area contributed by atoms with Gasteiger partial charge in [-0.1, -0.05) is 24.3 Å². The smallest absolute Gasteiger partial charge is 0.227 e. The minimum atomic E-state index is -0.169. The topological polar surface area (TPSA) is 78.4 Å². The number of pyridine rings is 1. The number of aromatic nitrogens is 1. The highest BCUT2D eigenvalue weighted by molar-refractivity contribution is 14.0. The van der Waals surface area contributed by atoms with Crippen molar-refractivity contribution >= 4 is 41.7 Å². The van der Waals surface area contributed by atoms with Crippen molar-refractivity contribution in [1.82, 2.24) is 15.6 Å². The number of aliphatic imine (C=N–C) groups is 1. The van der Waals surface area contributed by atoms with Crippen LogP contribution in [0.1, 0.15) is 30.4 Å². The molecule has 0 saturated heterocycles. The molecular weight excluding hydrogens is 484 g/mol. The predicted molar refractivity (Wildman–Crippen MR) is 124 cm³/mol. The van der Waals surface area contributed by atoms with Crippen molar-refractivity contribution in [3.05, 3.63) is 59.5 Å². The van der Waals surface area contributed by atoms with Crippen molar-refractivity contribution in [3.8, 4) is 0 Å². The van der Waals surface area contributed by atoms with Crippen LogP contribution < -0.4 is 16.0 Å². The second kappa shape index (κ2) is 10.5. The van der Waals surface area contributed by atoms with Gasteiger partial charge in [0.05, 0.1) is 0 Å². The second-order valence-corrected chi connectivity index (χ2v) is 7.13. The summed E-state index contributed by atoms with van der Waals surface area (Å²) in [5, 5.41) is 9.14. The lowest BCUT2D eigenvalue weighted by molar-refractivity contribution is -0.116. The monoisotopic (exact) mass is 511 g/mol. The van der Waals surface area contributed by atoms with Gasteiger partial charge < -0.3 is 16.0 Å². The van der Waals surface area contributed by atoms with Crippen LogP contribution in [0.15, 0.2) is 47.6 Å². The van der Waals surface area contributed by atoms with Crippen molar-refractivity contribution in [3.63, 3.8) is 0 Å². The molecule has 0 aliphatic heterocycles. The van der Waals surface area contributed by atoms with Gasteiger partial charge in [-0.3, -0.25) is 9.79 Å². The first-order valence-corrected chi connectivity index (χ1v) is 9.44. The number of rotatable bonds is 7. The summed E-state index contributed by atoms with van der Waals surface area (Å²) in [5.41, 5.74) is 1.62. The third kappa shape index (κ3) is 6.38. The van der Waals surface area contributed by atoms with Gasteiger partial charge in [0.15, 0.2) is 5.96 Å². The summed E-state index contributed by atoms with van der Waals surface area (Å²) in [5.74, 6) is 0.859. The maximum absolute atomic E-state index is 14.1. The van der Waals surface area contributed by atoms with Crippen molar-refractivity contribution in [2.45, 2.75) is 31.6 Å². The Morgan fingerprint density at radius 2 is 1.97 bits per heavy atom. The Bertz CT molecular complexity index is 852. The van der Waals surface area contributed by atoms with Gasteiger partial charge in [-0.05, 0) is 43.0 Å². The molecule has 1 heterocycles. The van der Waals surface area contributed by atoms with Crippen LogP contribution in [0.3, 0.4) is 0 Å². The van der Waals surface area contributed by atoms with E-state index in [1.165, 1.54) is 6.07 Å². The molecule has 6 nitrogen and oxygen atoms in total. The van der Waals surface area contributed by atoms with Crippen LogP contribution in [0.4, 0.5) is 10.2 Å². The molecule has 1 aliphatic carbocycles. The molecule has 1 amide bonds. The van der Waals surface area contributed by atoms with E-state index in [1.807, 2.05) is 25.1 Å². The maximum Gasteiger partial charge on any atom is 0.227 e. The summed E-state index contributed by atoms with van der Waals surface area (Å²) in [4.78, 5) is 20.4. The molecule has 1 aromatic heterocycles. The van der Waals surface area contributed by atoms with E-state index in [9.17, 15) is 9.18 Å². The van der Waals surface area contributed by atoms with E-state index in [0.717, 1.165) is 24.0 Å². The Kier molecular flexibility index (Phi) is 8.36. The van der Waals surface area contributed by atoms with Crippen LogP contribution in [0.25, 0.3) is 0 Å². The van der Waals surface area contributed by atoms with Crippen molar-refractivity contribution < 1.29 is 9.18 Å². The van der Waals surface area contributed by atoms with Crippen molar-refractivity contribution in [1.29, 1.82) is 0 Å². The minimum absolute atomic E-state index is 0. The summed E-state index contributed by atoms with van der Waals surface area (Å²) < 4.78 is 14.1. The van der Waals surface area contributed by atoms with Gasteiger partial charge >= 0.3 is 0 Å². The second-order valence-electron chi connectivity index (χ2n) is 7.13. The number of amides is 1. The lowest BCUT2D eigenvalue weighted by Crippen LogP contribution is -2.42. The quantitative estimate of drug-likeness (QED) is 0.303. The molecule has 156 valence electrons. The number of carbonyl (C=O) groups excluding carboxylic acids is 1. The highest BCUT2D eigenvalue weighted by atomic mass is 127. The highest BCUT2D eigenvalue weighted by Crippen LogP contribution is 2.48. The molecule has 8 heteroatoms. The number of hydrogen-bond acceptors (Lipinski definition) is 3. The maximum atomic E-state index is 14.1. The number of nitrogens with zero attached hydrogens (tertiary/aromatic N) is 2. The number of halogens is 2. The van der Waals surface area contributed by atoms with Gasteiger partial charge in [-0.25, -0.2) is 9.37 Å². The molecule has 1 fully saturated rings. The molecule has 0 atom stereocenters. The zero-order valence-electron chi connectivity index (χ0n) is 16.7. The van der Waals surface area contributed by atoms with Gasteiger partial charge in [0.25, 0.3) is 0 Å². The van der Waals surface area contributed by atoms with E-state index >= 15 is 0 Å². The summed E-state index contributed by atoms with van der Waals surface area (Å²) in [7, 11) is 1.67. The fourth-order valence-corrected chi connectivity index (χ4v) is 3.10. The number of benzene rings is 1. The lowest BCUT2D eigenvalue weighted by Gasteiger charge is -2.19. The largest absolute Gasteiger partial charge is 0.356 e. The van der Waals surface area contributed by atoms with E-state index in [0.29, 0.717) is 24.9 Å². The molecule has 1 aliphatic rings. The molecule has 0 bridgehead atoms. The van der Waals surface area contributed by atoms with Crippen LogP contribution in [-0.2, 0) is 10.2 Å². The van der Waals surface area contributed by atoms with Gasteiger partial charge in [0.1, 0.15) is 11.6 Å². The molecule has 29 heavy (non-hydrogen) atoms. The highest BCUT2D eigenvalue weighted by Gasteiger charge is 2.45. The first kappa shape index (κ1) is 23.1. The number of hydrogen-bond donors (Lipinski definition) is 3. The predicted octanol–water partition coefficient (Wildman–Crippen LogP) is 3.37. The number of guanidine groups is 1. The average Bonchev–Trinajstić information content (AvgIpc) is 3.47. The van der Waals surface area contributed by atoms with E-state index in [-0.39, 0.29) is 47.5 Å². The van der Waals surface area contributed by atoms with E-state index < -0.39 is 0 Å². The Morgan fingerprint density at radius 3 is 2.59 bits per heavy atom. The molecule has 3 N–H and O–H groups in total. The van der Waals surface area contributed by atoms with Crippen molar-refractivity contribution in [2.75, 3.05) is 25.5 Å². The van der Waals surface area contributed by atoms with Gasteiger partial charge in [0, 0.05) is 38.2 Å². The first-order chi connectivity index (χ1) is 13.5. The first-order valence-electron chi connectivity index (χ1n) is 9.44. The van der Waals surface area contributed by atoms with E-state index in [2.05, 4.69) is 25.9 Å². The number of aryl methyl sites for hydroxylation is 1. The minimum Gasteiger partial charge on any atom is -0.356 e. The summed E-state index contributed by atoms with van der Waals surface area (Å²) >= 11 is 0. The lowest BCUT2D eigenvalue weighted by atomic mass is 9.95. The normalized spacial score (nSPS) is 14.5. The molecule has 2 aromatic rings. The molecular formula is C21H27FIN5O. The van der Waals surface area contributed by atoms with Gasteiger partial charge in [-0.2, -0.15) is 0 Å². The molecule has 0 unspecified atom stereocenters. The zero-order valence-corrected chi connectivity index (χ0v) is 19.0. The van der Waals surface area contributed by atoms with E-state index in [4.69, 9.17) is 0 Å². The van der Waals surface area contributed by atoms with Crippen molar-refractivity contribution in [2.24, 2.45) is 4.99 Å². The fraction of sp³-hybridized carbons (Fsp3) is 0.381. The Labute approximate surface area is 187 Å². The third-order valence-corrected chi connectivity index (χ3v) is 4.94. The van der Waals surface area contributed by atoms with Gasteiger partial charge in [0.2, 0.25) is 5.91 Å². The zero-order chi connectivity index (χ0) is 20.0. The van der Waals surface area contributed by atoms with Crippen LogP contribution in [-0.4, -0.2) is 37.0 Å². The van der Waals surface area contributed by atoms with Crippen LogP contribution in [0.2, 0.25) is 0 Å². The Balaban J connectivity index is 0.00000300. The molecule has 0 radical (unpaired) electrons. The van der Waals surface area contributed by atoms with Gasteiger partial charge in [-0.15, -0.1) is 24.0 Å². The Morgan fingerprint density at radius 1 is 1.21 bits per heavy atom. The van der Waals surface area contributed by atoms with Crippen LogP contribution >= 0.6 is 24.0 Å². The number of carbonyl (C=O) groups is 1. The molecule has 1 aromatic carbocycles. The van der Waals surface area contributed by atoms with E-state index in [1.54, 1.807) is 25.4 Å². The fourth-order valence-electron chi connectivity index (χ4n) is 3.10.